The Labute approximate surface area is 125 Å². The van der Waals surface area contributed by atoms with E-state index >= 15 is 0 Å². The molecule has 110 valence electrons. The Balaban J connectivity index is 1.57. The third kappa shape index (κ3) is 3.40. The number of nitrogens with zero attached hydrogens (tertiary/aromatic N) is 1. The van der Waals surface area contributed by atoms with Gasteiger partial charge in [0.1, 0.15) is 0 Å². The second kappa shape index (κ2) is 6.70. The summed E-state index contributed by atoms with van der Waals surface area (Å²) in [6, 6.07) is 0. The third-order valence-electron chi connectivity index (χ3n) is 4.75. The lowest BCUT2D eigenvalue weighted by Gasteiger charge is -2.20. The SMILES string of the molecule is O=C(Nc1nc(C2CCCCC2)cs1)C1CCCCC1. The molecule has 0 bridgehead atoms. The number of rotatable bonds is 3. The molecule has 0 spiro atoms. The molecule has 0 saturated heterocycles. The van der Waals surface area contributed by atoms with Gasteiger partial charge in [0, 0.05) is 17.2 Å². The first-order valence-corrected chi connectivity index (χ1v) is 8.97. The highest BCUT2D eigenvalue weighted by molar-refractivity contribution is 7.13. The molecule has 1 amide bonds. The number of carbonyl (C=O) groups is 1. The largest absolute Gasteiger partial charge is 0.302 e. The van der Waals surface area contributed by atoms with Crippen molar-refractivity contribution in [2.75, 3.05) is 5.32 Å². The number of amides is 1. The summed E-state index contributed by atoms with van der Waals surface area (Å²) in [7, 11) is 0. The van der Waals surface area contributed by atoms with Crippen LogP contribution in [0.2, 0.25) is 0 Å². The summed E-state index contributed by atoms with van der Waals surface area (Å²) in [5, 5.41) is 5.99. The van der Waals surface area contributed by atoms with E-state index in [4.69, 9.17) is 0 Å². The topological polar surface area (TPSA) is 42.0 Å². The van der Waals surface area contributed by atoms with Gasteiger partial charge in [-0.05, 0) is 25.7 Å². The molecule has 2 fully saturated rings. The molecule has 0 atom stereocenters. The average molecular weight is 292 g/mol. The van der Waals surface area contributed by atoms with Crippen LogP contribution >= 0.6 is 11.3 Å². The Morgan fingerprint density at radius 2 is 1.70 bits per heavy atom. The van der Waals surface area contributed by atoms with E-state index in [-0.39, 0.29) is 11.8 Å². The highest BCUT2D eigenvalue weighted by Gasteiger charge is 2.23. The van der Waals surface area contributed by atoms with Crippen molar-refractivity contribution < 1.29 is 4.79 Å². The maximum Gasteiger partial charge on any atom is 0.229 e. The lowest BCUT2D eigenvalue weighted by atomic mass is 9.87. The molecule has 1 aromatic heterocycles. The number of carbonyl (C=O) groups excluding carboxylic acids is 1. The van der Waals surface area contributed by atoms with Crippen LogP contribution in [0.1, 0.15) is 75.8 Å². The summed E-state index contributed by atoms with van der Waals surface area (Å²) < 4.78 is 0. The second-order valence-corrected chi connectivity index (χ2v) is 7.09. The van der Waals surface area contributed by atoms with Gasteiger partial charge in [0.15, 0.2) is 5.13 Å². The van der Waals surface area contributed by atoms with E-state index in [1.807, 2.05) is 0 Å². The fourth-order valence-electron chi connectivity index (χ4n) is 3.50. The first-order chi connectivity index (χ1) is 9.83. The Hall–Kier alpha value is -0.900. The zero-order valence-electron chi connectivity index (χ0n) is 12.1. The molecule has 0 radical (unpaired) electrons. The number of aromatic nitrogens is 1. The van der Waals surface area contributed by atoms with Crippen LogP contribution in [0.3, 0.4) is 0 Å². The maximum absolute atomic E-state index is 12.2. The number of thiazole rings is 1. The van der Waals surface area contributed by atoms with Crippen LogP contribution in [0.4, 0.5) is 5.13 Å². The Kier molecular flexibility index (Phi) is 4.71. The van der Waals surface area contributed by atoms with Crippen LogP contribution in [0.15, 0.2) is 5.38 Å². The molecule has 0 aliphatic heterocycles. The van der Waals surface area contributed by atoms with Gasteiger partial charge < -0.3 is 5.32 Å². The first-order valence-electron chi connectivity index (χ1n) is 8.09. The molecule has 2 aliphatic rings. The minimum atomic E-state index is 0.189. The highest BCUT2D eigenvalue weighted by atomic mass is 32.1. The maximum atomic E-state index is 12.2. The van der Waals surface area contributed by atoms with Crippen molar-refractivity contribution in [1.82, 2.24) is 4.98 Å². The average Bonchev–Trinajstić information content (AvgIpc) is 2.97. The molecule has 0 unspecified atom stereocenters. The monoisotopic (exact) mass is 292 g/mol. The van der Waals surface area contributed by atoms with Crippen LogP contribution in [0.25, 0.3) is 0 Å². The van der Waals surface area contributed by atoms with Crippen LogP contribution in [0.5, 0.6) is 0 Å². The van der Waals surface area contributed by atoms with Crippen molar-refractivity contribution in [2.45, 2.75) is 70.1 Å². The van der Waals surface area contributed by atoms with Gasteiger partial charge in [0.05, 0.1) is 5.69 Å². The lowest BCUT2D eigenvalue weighted by Crippen LogP contribution is -2.24. The van der Waals surface area contributed by atoms with Crippen molar-refractivity contribution in [2.24, 2.45) is 5.92 Å². The van der Waals surface area contributed by atoms with Gasteiger partial charge in [-0.25, -0.2) is 4.98 Å². The molecular weight excluding hydrogens is 268 g/mol. The molecule has 1 N–H and O–H groups in total. The smallest absolute Gasteiger partial charge is 0.229 e. The molecule has 1 heterocycles. The van der Waals surface area contributed by atoms with Crippen molar-refractivity contribution in [3.05, 3.63) is 11.1 Å². The van der Waals surface area contributed by atoms with E-state index in [2.05, 4.69) is 15.7 Å². The predicted octanol–water partition coefficient (Wildman–Crippen LogP) is 4.71. The normalized spacial score (nSPS) is 21.8. The lowest BCUT2D eigenvalue weighted by molar-refractivity contribution is -0.120. The second-order valence-electron chi connectivity index (χ2n) is 6.24. The van der Waals surface area contributed by atoms with Gasteiger partial charge >= 0.3 is 0 Å². The van der Waals surface area contributed by atoms with Crippen LogP contribution < -0.4 is 5.32 Å². The van der Waals surface area contributed by atoms with Crippen LogP contribution in [-0.4, -0.2) is 10.9 Å². The van der Waals surface area contributed by atoms with Gasteiger partial charge in [0.25, 0.3) is 0 Å². The van der Waals surface area contributed by atoms with E-state index in [0.717, 1.165) is 18.0 Å². The molecule has 20 heavy (non-hydrogen) atoms. The summed E-state index contributed by atoms with van der Waals surface area (Å²) in [4.78, 5) is 16.9. The molecule has 2 aliphatic carbocycles. The third-order valence-corrected chi connectivity index (χ3v) is 5.53. The van der Waals surface area contributed by atoms with E-state index in [0.29, 0.717) is 5.92 Å². The Bertz CT molecular complexity index is 445. The van der Waals surface area contributed by atoms with E-state index in [1.165, 1.54) is 57.1 Å². The summed E-state index contributed by atoms with van der Waals surface area (Å²) in [5.41, 5.74) is 1.20. The molecular formula is C16H24N2OS. The number of anilines is 1. The van der Waals surface area contributed by atoms with Gasteiger partial charge in [0.2, 0.25) is 5.91 Å². The predicted molar refractivity (Wildman–Crippen MR) is 83.1 cm³/mol. The zero-order chi connectivity index (χ0) is 13.8. The van der Waals surface area contributed by atoms with Gasteiger partial charge in [-0.2, -0.15) is 0 Å². The van der Waals surface area contributed by atoms with Crippen molar-refractivity contribution >= 4 is 22.4 Å². The van der Waals surface area contributed by atoms with Crippen molar-refractivity contribution in [1.29, 1.82) is 0 Å². The van der Waals surface area contributed by atoms with Gasteiger partial charge in [-0.3, -0.25) is 4.79 Å². The highest BCUT2D eigenvalue weighted by Crippen LogP contribution is 2.34. The number of nitrogens with one attached hydrogen (secondary N) is 1. The summed E-state index contributed by atoms with van der Waals surface area (Å²) >= 11 is 1.59. The van der Waals surface area contributed by atoms with E-state index in [9.17, 15) is 4.79 Å². The summed E-state index contributed by atoms with van der Waals surface area (Å²) in [6.45, 7) is 0. The zero-order valence-corrected chi connectivity index (χ0v) is 12.9. The molecule has 3 rings (SSSR count). The summed E-state index contributed by atoms with van der Waals surface area (Å²) in [6.07, 6.45) is 12.3. The van der Waals surface area contributed by atoms with E-state index < -0.39 is 0 Å². The molecule has 2 saturated carbocycles. The minimum Gasteiger partial charge on any atom is -0.302 e. The molecule has 1 aromatic rings. The molecule has 0 aromatic carbocycles. The van der Waals surface area contributed by atoms with Crippen molar-refractivity contribution in [3.63, 3.8) is 0 Å². The summed E-state index contributed by atoms with van der Waals surface area (Å²) in [5.74, 6) is 1.03. The number of hydrogen-bond acceptors (Lipinski definition) is 3. The van der Waals surface area contributed by atoms with Crippen LogP contribution in [-0.2, 0) is 4.79 Å². The Morgan fingerprint density at radius 3 is 2.40 bits per heavy atom. The standard InChI is InChI=1S/C16H24N2OS/c19-15(13-9-5-2-6-10-13)18-16-17-14(11-20-16)12-7-3-1-4-8-12/h11-13H,1-10H2,(H,17,18,19). The van der Waals surface area contributed by atoms with E-state index in [1.54, 1.807) is 11.3 Å². The van der Waals surface area contributed by atoms with Gasteiger partial charge in [-0.15, -0.1) is 11.3 Å². The molecule has 3 nitrogen and oxygen atoms in total. The van der Waals surface area contributed by atoms with Crippen LogP contribution in [0, 0.1) is 5.92 Å². The Morgan fingerprint density at radius 1 is 1.05 bits per heavy atom. The number of hydrogen-bond donors (Lipinski definition) is 1. The fraction of sp³-hybridized carbons (Fsp3) is 0.750. The first kappa shape index (κ1) is 14.1. The van der Waals surface area contributed by atoms with Gasteiger partial charge in [-0.1, -0.05) is 38.5 Å². The fourth-order valence-corrected chi connectivity index (χ4v) is 4.30. The minimum absolute atomic E-state index is 0.189. The molecule has 4 heteroatoms. The quantitative estimate of drug-likeness (QED) is 0.876. The van der Waals surface area contributed by atoms with Crippen molar-refractivity contribution in [3.8, 4) is 0 Å².